The van der Waals surface area contributed by atoms with E-state index in [0.29, 0.717) is 4.90 Å². The number of hydrogen-bond donors (Lipinski definition) is 1. The van der Waals surface area contributed by atoms with Crippen LogP contribution in [0.25, 0.3) is 11.1 Å². The molecule has 25 heavy (non-hydrogen) atoms. The van der Waals surface area contributed by atoms with Gasteiger partial charge in [0.25, 0.3) is 0 Å². The van der Waals surface area contributed by atoms with Crippen LogP contribution in [0.4, 0.5) is 0 Å². The fourth-order valence-electron chi connectivity index (χ4n) is 2.75. The summed E-state index contributed by atoms with van der Waals surface area (Å²) < 4.78 is 27.8. The monoisotopic (exact) mass is 371 g/mol. The molecular weight excluding hydrogens is 350 g/mol. The Hall–Kier alpha value is -1.95. The molecule has 0 fully saturated rings. The van der Waals surface area contributed by atoms with Gasteiger partial charge in [0.2, 0.25) is 10.0 Å². The van der Waals surface area contributed by atoms with E-state index in [1.165, 1.54) is 0 Å². The third kappa shape index (κ3) is 4.37. The summed E-state index contributed by atoms with van der Waals surface area (Å²) in [5, 5.41) is 4.09. The van der Waals surface area contributed by atoms with Crippen LogP contribution in [0.2, 0.25) is 0 Å². The van der Waals surface area contributed by atoms with Crippen LogP contribution >= 0.6 is 11.3 Å². The third-order valence-corrected chi connectivity index (χ3v) is 6.17. The molecule has 0 bridgehead atoms. The molecule has 0 unspecified atom stereocenters. The average molecular weight is 372 g/mol. The second-order valence-corrected chi connectivity index (χ2v) is 8.43. The lowest BCUT2D eigenvalue weighted by atomic mass is 10.0. The lowest BCUT2D eigenvalue weighted by Gasteiger charge is -2.11. The molecule has 130 valence electrons. The van der Waals surface area contributed by atoms with Gasteiger partial charge in [-0.2, -0.15) is 11.3 Å². The van der Waals surface area contributed by atoms with Crippen molar-refractivity contribution in [2.45, 2.75) is 31.2 Å². The summed E-state index contributed by atoms with van der Waals surface area (Å²) in [6.45, 7) is 2.38. The number of hydrogen-bond acceptors (Lipinski definition) is 3. The number of rotatable bonds is 7. The highest BCUT2D eigenvalue weighted by Gasteiger charge is 2.15. The van der Waals surface area contributed by atoms with Gasteiger partial charge < -0.3 is 0 Å². The average Bonchev–Trinajstić information content (AvgIpc) is 3.16. The van der Waals surface area contributed by atoms with E-state index < -0.39 is 10.0 Å². The van der Waals surface area contributed by atoms with Crippen LogP contribution < -0.4 is 4.72 Å². The Kier molecular flexibility index (Phi) is 5.68. The van der Waals surface area contributed by atoms with E-state index in [2.05, 4.69) is 17.0 Å². The van der Waals surface area contributed by atoms with E-state index in [-0.39, 0.29) is 6.54 Å². The molecule has 2 aromatic carbocycles. The number of nitrogens with one attached hydrogen (secondary N) is 1. The Morgan fingerprint density at radius 1 is 1.00 bits per heavy atom. The smallest absolute Gasteiger partial charge is 0.207 e. The maximum atomic E-state index is 12.6. The van der Waals surface area contributed by atoms with E-state index in [1.807, 2.05) is 47.8 Å². The van der Waals surface area contributed by atoms with Gasteiger partial charge in [0.05, 0.1) is 4.90 Å². The first kappa shape index (κ1) is 17.9. The molecule has 3 rings (SSSR count). The van der Waals surface area contributed by atoms with Gasteiger partial charge in [-0.3, -0.25) is 0 Å². The summed E-state index contributed by atoms with van der Waals surface area (Å²) in [6, 6.07) is 17.1. The van der Waals surface area contributed by atoms with Crippen molar-refractivity contribution in [1.82, 2.24) is 4.72 Å². The quantitative estimate of drug-likeness (QED) is 0.645. The van der Waals surface area contributed by atoms with Gasteiger partial charge in [0.15, 0.2) is 0 Å². The maximum Gasteiger partial charge on any atom is 0.240 e. The molecule has 1 heterocycles. The van der Waals surface area contributed by atoms with Crippen molar-refractivity contribution >= 4 is 21.4 Å². The molecule has 0 spiro atoms. The Balaban J connectivity index is 1.77. The molecule has 0 atom stereocenters. The van der Waals surface area contributed by atoms with Crippen LogP contribution in [0, 0.1) is 0 Å². The van der Waals surface area contributed by atoms with Gasteiger partial charge in [-0.05, 0) is 57.6 Å². The zero-order chi connectivity index (χ0) is 17.7. The molecule has 0 saturated carbocycles. The number of thiophene rings is 1. The van der Waals surface area contributed by atoms with Crippen LogP contribution in [0.3, 0.4) is 0 Å². The molecule has 0 amide bonds. The minimum absolute atomic E-state index is 0.269. The molecule has 0 saturated heterocycles. The van der Waals surface area contributed by atoms with Crippen molar-refractivity contribution in [3.05, 3.63) is 76.5 Å². The van der Waals surface area contributed by atoms with Crippen LogP contribution in [0.1, 0.15) is 24.5 Å². The summed E-state index contributed by atoms with van der Waals surface area (Å²) in [5.41, 5.74) is 4.30. The Labute approximate surface area is 153 Å². The van der Waals surface area contributed by atoms with E-state index in [4.69, 9.17) is 0 Å². The molecule has 0 aliphatic heterocycles. The van der Waals surface area contributed by atoms with Gasteiger partial charge in [0, 0.05) is 6.54 Å². The first-order valence-electron chi connectivity index (χ1n) is 8.29. The molecule has 0 radical (unpaired) electrons. The number of sulfonamides is 1. The van der Waals surface area contributed by atoms with Gasteiger partial charge >= 0.3 is 0 Å². The Bertz CT molecular complexity index is 915. The van der Waals surface area contributed by atoms with Crippen LogP contribution in [-0.4, -0.2) is 8.42 Å². The van der Waals surface area contributed by atoms with E-state index >= 15 is 0 Å². The van der Waals surface area contributed by atoms with Gasteiger partial charge in [-0.15, -0.1) is 0 Å². The fraction of sp³-hybridized carbons (Fsp3) is 0.200. The number of benzene rings is 2. The highest BCUT2D eigenvalue weighted by molar-refractivity contribution is 7.89. The molecular formula is C20H21NO2S2. The zero-order valence-electron chi connectivity index (χ0n) is 14.1. The van der Waals surface area contributed by atoms with Gasteiger partial charge in [-0.25, -0.2) is 13.1 Å². The summed E-state index contributed by atoms with van der Waals surface area (Å²) in [7, 11) is -3.52. The van der Waals surface area contributed by atoms with E-state index in [9.17, 15) is 8.42 Å². The third-order valence-electron chi connectivity index (χ3n) is 4.07. The first-order valence-corrected chi connectivity index (χ1v) is 10.7. The Morgan fingerprint density at radius 3 is 2.44 bits per heavy atom. The normalized spacial score (nSPS) is 11.6. The predicted octanol–water partition coefficient (Wildman–Crippen LogP) is 4.85. The summed E-state index contributed by atoms with van der Waals surface area (Å²) >= 11 is 1.63. The summed E-state index contributed by atoms with van der Waals surface area (Å²) in [5.74, 6) is 0. The second kappa shape index (κ2) is 7.95. The van der Waals surface area contributed by atoms with Crippen molar-refractivity contribution in [2.24, 2.45) is 0 Å². The van der Waals surface area contributed by atoms with Crippen LogP contribution in [0.15, 0.2) is 70.3 Å². The summed E-state index contributed by atoms with van der Waals surface area (Å²) in [4.78, 5) is 0.306. The van der Waals surface area contributed by atoms with Crippen molar-refractivity contribution in [2.75, 3.05) is 0 Å². The maximum absolute atomic E-state index is 12.6. The molecule has 0 aliphatic carbocycles. The van der Waals surface area contributed by atoms with Crippen molar-refractivity contribution in [1.29, 1.82) is 0 Å². The summed E-state index contributed by atoms with van der Waals surface area (Å²) in [6.07, 6.45) is 2.01. The fourth-order valence-corrected chi connectivity index (χ4v) is 4.42. The zero-order valence-corrected chi connectivity index (χ0v) is 15.7. The minimum Gasteiger partial charge on any atom is -0.207 e. The van der Waals surface area contributed by atoms with Gasteiger partial charge in [0.1, 0.15) is 0 Å². The topological polar surface area (TPSA) is 46.2 Å². The number of aryl methyl sites for hydroxylation is 1. The Morgan fingerprint density at radius 2 is 1.76 bits per heavy atom. The predicted molar refractivity (Wildman–Crippen MR) is 104 cm³/mol. The lowest BCUT2D eigenvalue weighted by molar-refractivity contribution is 0.581. The second-order valence-electron chi connectivity index (χ2n) is 5.89. The van der Waals surface area contributed by atoms with Crippen molar-refractivity contribution in [3.8, 4) is 11.1 Å². The van der Waals surface area contributed by atoms with E-state index in [0.717, 1.165) is 35.1 Å². The van der Waals surface area contributed by atoms with Crippen LogP contribution in [0.5, 0.6) is 0 Å². The SMILES string of the molecule is CCCc1ccc(S(=O)(=O)NCc2ccccc2-c2ccsc2)cc1. The first-order chi connectivity index (χ1) is 12.1. The molecule has 1 aromatic heterocycles. The molecule has 1 N–H and O–H groups in total. The highest BCUT2D eigenvalue weighted by Crippen LogP contribution is 2.26. The van der Waals surface area contributed by atoms with E-state index in [1.54, 1.807) is 23.5 Å². The molecule has 3 nitrogen and oxygen atoms in total. The van der Waals surface area contributed by atoms with Crippen molar-refractivity contribution < 1.29 is 8.42 Å². The van der Waals surface area contributed by atoms with Crippen LogP contribution in [-0.2, 0) is 23.0 Å². The largest absolute Gasteiger partial charge is 0.240 e. The standard InChI is InChI=1S/C20H21NO2S2/c1-2-5-16-8-10-19(11-9-16)25(22,23)21-14-17-6-3-4-7-20(17)18-12-13-24-15-18/h3-4,6-13,15,21H,2,5,14H2,1H3. The molecule has 5 heteroatoms. The highest BCUT2D eigenvalue weighted by atomic mass is 32.2. The van der Waals surface area contributed by atoms with Crippen molar-refractivity contribution in [3.63, 3.8) is 0 Å². The molecule has 3 aromatic rings. The van der Waals surface area contributed by atoms with Gasteiger partial charge in [-0.1, -0.05) is 49.7 Å². The lowest BCUT2D eigenvalue weighted by Crippen LogP contribution is -2.23. The minimum atomic E-state index is -3.52. The molecule has 0 aliphatic rings.